The Morgan fingerprint density at radius 3 is 2.77 bits per heavy atom. The van der Waals surface area contributed by atoms with Crippen LogP contribution in [0, 0.1) is 0 Å². The van der Waals surface area contributed by atoms with Gasteiger partial charge in [0.1, 0.15) is 6.61 Å². The van der Waals surface area contributed by atoms with Gasteiger partial charge >= 0.3 is 0 Å². The lowest BCUT2D eigenvalue weighted by Crippen LogP contribution is -2.33. The molecule has 2 aromatic rings. The molecule has 0 aliphatic rings. The summed E-state index contributed by atoms with van der Waals surface area (Å²) in [6.07, 6.45) is 3.47. The minimum Gasteiger partial charge on any atom is -0.375 e. The maximum atomic E-state index is 11.6. The second-order valence-corrected chi connectivity index (χ2v) is 5.65. The zero-order valence-corrected chi connectivity index (χ0v) is 13.8. The van der Waals surface area contributed by atoms with Crippen LogP contribution in [0.1, 0.15) is 11.6 Å². The molecule has 1 amide bonds. The normalized spacial score (nSPS) is 11.7. The van der Waals surface area contributed by atoms with E-state index < -0.39 is 0 Å². The highest BCUT2D eigenvalue weighted by atomic mass is 79.9. The van der Waals surface area contributed by atoms with Gasteiger partial charge in [-0.05, 0) is 27.6 Å². The molecule has 2 N–H and O–H groups in total. The Morgan fingerprint density at radius 1 is 1.32 bits per heavy atom. The smallest absolute Gasteiger partial charge is 0.246 e. The lowest BCUT2D eigenvalue weighted by atomic mass is 10.1. The van der Waals surface area contributed by atoms with Crippen LogP contribution in [-0.2, 0) is 9.53 Å². The molecule has 0 saturated carbocycles. The number of carbonyl (C=O) groups excluding carboxylic acids is 1. The summed E-state index contributed by atoms with van der Waals surface area (Å²) >= 11 is 3.40. The number of ether oxygens (including phenoxy) is 1. The fraction of sp³-hybridized carbons (Fsp3) is 0.250. The van der Waals surface area contributed by atoms with Gasteiger partial charge in [0.05, 0.1) is 17.9 Å². The number of nitrogens with zero attached hydrogens (tertiary/aromatic N) is 1. The van der Waals surface area contributed by atoms with Crippen molar-refractivity contribution in [2.24, 2.45) is 0 Å². The Bertz CT molecular complexity index is 607. The molecule has 0 radical (unpaired) electrons. The van der Waals surface area contributed by atoms with Crippen molar-refractivity contribution in [3.05, 3.63) is 58.8 Å². The Morgan fingerprint density at radius 2 is 2.09 bits per heavy atom. The molecule has 1 aromatic carbocycles. The van der Waals surface area contributed by atoms with E-state index >= 15 is 0 Å². The van der Waals surface area contributed by atoms with E-state index in [0.29, 0.717) is 6.54 Å². The van der Waals surface area contributed by atoms with Gasteiger partial charge in [-0.1, -0.05) is 30.3 Å². The van der Waals surface area contributed by atoms with Gasteiger partial charge in [0.25, 0.3) is 0 Å². The minimum absolute atomic E-state index is 0.0555. The Hall–Kier alpha value is -1.92. The van der Waals surface area contributed by atoms with Gasteiger partial charge in [0, 0.05) is 24.3 Å². The van der Waals surface area contributed by atoms with Gasteiger partial charge in [0.15, 0.2) is 0 Å². The number of nitrogens with one attached hydrogen (secondary N) is 2. The predicted octanol–water partition coefficient (Wildman–Crippen LogP) is 2.76. The third kappa shape index (κ3) is 5.13. The van der Waals surface area contributed by atoms with E-state index in [-0.39, 0.29) is 18.6 Å². The maximum Gasteiger partial charge on any atom is 0.246 e. The molecule has 116 valence electrons. The number of hydrogen-bond donors (Lipinski definition) is 2. The third-order valence-corrected chi connectivity index (χ3v) is 3.46. The van der Waals surface area contributed by atoms with Crippen molar-refractivity contribution >= 4 is 27.5 Å². The van der Waals surface area contributed by atoms with Crippen LogP contribution >= 0.6 is 15.9 Å². The van der Waals surface area contributed by atoms with Crippen LogP contribution in [0.3, 0.4) is 0 Å². The van der Waals surface area contributed by atoms with Gasteiger partial charge in [-0.3, -0.25) is 9.78 Å². The number of hydrogen-bond acceptors (Lipinski definition) is 4. The second-order valence-electron chi connectivity index (χ2n) is 4.74. The number of aromatic nitrogens is 1. The Balaban J connectivity index is 2.09. The SMILES string of the molecule is COCC(=O)NCC(Nc1cncc(Br)c1)c1ccccc1. The molecule has 0 aliphatic heterocycles. The second kappa shape index (κ2) is 8.51. The van der Waals surface area contributed by atoms with Gasteiger partial charge in [-0.2, -0.15) is 0 Å². The molecule has 2 rings (SSSR count). The van der Waals surface area contributed by atoms with Crippen LogP contribution < -0.4 is 10.6 Å². The molecule has 0 saturated heterocycles. The van der Waals surface area contributed by atoms with Crippen LogP contribution in [-0.4, -0.2) is 31.2 Å². The summed E-state index contributed by atoms with van der Waals surface area (Å²) in [5.74, 6) is -0.141. The molecule has 22 heavy (non-hydrogen) atoms. The fourth-order valence-electron chi connectivity index (χ4n) is 2.03. The quantitative estimate of drug-likeness (QED) is 0.793. The van der Waals surface area contributed by atoms with Crippen LogP contribution in [0.4, 0.5) is 5.69 Å². The fourth-order valence-corrected chi connectivity index (χ4v) is 2.39. The summed E-state index contributed by atoms with van der Waals surface area (Å²) in [5.41, 5.74) is 1.96. The van der Waals surface area contributed by atoms with E-state index in [1.807, 2.05) is 36.4 Å². The number of pyridine rings is 1. The number of halogens is 1. The van der Waals surface area contributed by atoms with E-state index in [9.17, 15) is 4.79 Å². The van der Waals surface area contributed by atoms with Crippen molar-refractivity contribution in [1.29, 1.82) is 0 Å². The first-order chi connectivity index (χ1) is 10.7. The van der Waals surface area contributed by atoms with Crippen molar-refractivity contribution in [2.75, 3.05) is 25.6 Å². The van der Waals surface area contributed by atoms with Crippen molar-refractivity contribution < 1.29 is 9.53 Å². The summed E-state index contributed by atoms with van der Waals surface area (Å²) < 4.78 is 5.72. The van der Waals surface area contributed by atoms with E-state index in [2.05, 4.69) is 31.5 Å². The Labute approximate surface area is 138 Å². The molecule has 5 nitrogen and oxygen atoms in total. The summed E-state index contributed by atoms with van der Waals surface area (Å²) in [6.45, 7) is 0.513. The summed E-state index contributed by atoms with van der Waals surface area (Å²) in [5, 5.41) is 6.24. The summed E-state index contributed by atoms with van der Waals surface area (Å²) in [7, 11) is 1.50. The standard InChI is InChI=1S/C16H18BrN3O2/c1-22-11-16(21)19-10-15(12-5-3-2-4-6-12)20-14-7-13(17)8-18-9-14/h2-9,15,20H,10-11H2,1H3,(H,19,21). The molecule has 1 heterocycles. The van der Waals surface area contributed by atoms with Gasteiger partial charge < -0.3 is 15.4 Å². The van der Waals surface area contributed by atoms with Crippen molar-refractivity contribution in [3.63, 3.8) is 0 Å². The summed E-state index contributed by atoms with van der Waals surface area (Å²) in [6, 6.07) is 11.8. The number of anilines is 1. The van der Waals surface area contributed by atoms with E-state index in [4.69, 9.17) is 4.74 Å². The molecule has 6 heteroatoms. The lowest BCUT2D eigenvalue weighted by molar-refractivity contribution is -0.124. The number of methoxy groups -OCH3 is 1. The number of rotatable bonds is 7. The summed E-state index contributed by atoms with van der Waals surface area (Å²) in [4.78, 5) is 15.7. The number of benzene rings is 1. The minimum atomic E-state index is -0.141. The first kappa shape index (κ1) is 16.5. The molecular weight excluding hydrogens is 346 g/mol. The maximum absolute atomic E-state index is 11.6. The number of carbonyl (C=O) groups is 1. The largest absolute Gasteiger partial charge is 0.375 e. The van der Waals surface area contributed by atoms with Crippen molar-refractivity contribution in [2.45, 2.75) is 6.04 Å². The van der Waals surface area contributed by atoms with Gasteiger partial charge in [0.2, 0.25) is 5.91 Å². The van der Waals surface area contributed by atoms with Gasteiger partial charge in [-0.15, -0.1) is 0 Å². The monoisotopic (exact) mass is 363 g/mol. The topological polar surface area (TPSA) is 63.2 Å². The van der Waals surface area contributed by atoms with Crippen molar-refractivity contribution in [3.8, 4) is 0 Å². The highest BCUT2D eigenvalue weighted by Gasteiger charge is 2.13. The molecule has 0 bridgehead atoms. The van der Waals surface area contributed by atoms with Gasteiger partial charge in [-0.25, -0.2) is 0 Å². The third-order valence-electron chi connectivity index (χ3n) is 3.03. The molecule has 0 aliphatic carbocycles. The molecule has 1 unspecified atom stereocenters. The highest BCUT2D eigenvalue weighted by molar-refractivity contribution is 9.10. The van der Waals surface area contributed by atoms with E-state index in [0.717, 1.165) is 15.7 Å². The van der Waals surface area contributed by atoms with E-state index in [1.54, 1.807) is 12.4 Å². The molecule has 1 aromatic heterocycles. The highest BCUT2D eigenvalue weighted by Crippen LogP contribution is 2.20. The zero-order valence-electron chi connectivity index (χ0n) is 12.3. The van der Waals surface area contributed by atoms with Crippen LogP contribution in [0.2, 0.25) is 0 Å². The molecular formula is C16H18BrN3O2. The molecule has 0 fully saturated rings. The Kier molecular flexibility index (Phi) is 6.36. The molecule has 1 atom stereocenters. The first-order valence-electron chi connectivity index (χ1n) is 6.86. The predicted molar refractivity (Wildman–Crippen MR) is 89.6 cm³/mol. The van der Waals surface area contributed by atoms with Crippen LogP contribution in [0.15, 0.2) is 53.3 Å². The average molecular weight is 364 g/mol. The average Bonchev–Trinajstić information content (AvgIpc) is 2.52. The van der Waals surface area contributed by atoms with Crippen molar-refractivity contribution in [1.82, 2.24) is 10.3 Å². The van der Waals surface area contributed by atoms with E-state index in [1.165, 1.54) is 7.11 Å². The molecule has 0 spiro atoms. The number of amides is 1. The lowest BCUT2D eigenvalue weighted by Gasteiger charge is -2.21. The zero-order chi connectivity index (χ0) is 15.8. The first-order valence-corrected chi connectivity index (χ1v) is 7.66. The van der Waals surface area contributed by atoms with Crippen LogP contribution in [0.25, 0.3) is 0 Å². The van der Waals surface area contributed by atoms with Crippen LogP contribution in [0.5, 0.6) is 0 Å².